The van der Waals surface area contributed by atoms with Gasteiger partial charge >= 0.3 is 6.03 Å². The second-order valence-corrected chi connectivity index (χ2v) is 6.41. The molecule has 1 aromatic carbocycles. The predicted octanol–water partition coefficient (Wildman–Crippen LogP) is 3.08. The van der Waals surface area contributed by atoms with E-state index in [9.17, 15) is 4.79 Å². The molecule has 2 amide bonds. The Bertz CT molecular complexity index is 663. The van der Waals surface area contributed by atoms with Gasteiger partial charge in [-0.1, -0.05) is 54.8 Å². The van der Waals surface area contributed by atoms with Crippen LogP contribution in [0.2, 0.25) is 0 Å². The van der Waals surface area contributed by atoms with Gasteiger partial charge in [0.05, 0.1) is 0 Å². The molecule has 0 bridgehead atoms. The van der Waals surface area contributed by atoms with Crippen LogP contribution in [0, 0.1) is 6.92 Å². The Kier molecular flexibility index (Phi) is 5.13. The van der Waals surface area contributed by atoms with Gasteiger partial charge in [-0.15, -0.1) is 0 Å². The number of carbonyl (C=O) groups is 1. The van der Waals surface area contributed by atoms with Crippen LogP contribution in [0.3, 0.4) is 0 Å². The Morgan fingerprint density at radius 2 is 1.96 bits per heavy atom. The molecule has 128 valence electrons. The summed E-state index contributed by atoms with van der Waals surface area (Å²) < 4.78 is 5.38. The van der Waals surface area contributed by atoms with Gasteiger partial charge in [0.15, 0.2) is 5.82 Å². The second kappa shape index (κ2) is 7.47. The Morgan fingerprint density at radius 3 is 2.62 bits per heavy atom. The molecule has 1 fully saturated rings. The lowest BCUT2D eigenvalue weighted by molar-refractivity contribution is 0.168. The molecule has 0 atom stereocenters. The van der Waals surface area contributed by atoms with Crippen LogP contribution in [-0.2, 0) is 12.0 Å². The van der Waals surface area contributed by atoms with Crippen LogP contribution in [0.15, 0.2) is 34.9 Å². The zero-order chi connectivity index (χ0) is 16.8. The van der Waals surface area contributed by atoms with Crippen molar-refractivity contribution in [1.82, 2.24) is 20.8 Å². The van der Waals surface area contributed by atoms with E-state index in [1.54, 1.807) is 6.92 Å². The van der Waals surface area contributed by atoms with E-state index in [2.05, 4.69) is 32.9 Å². The van der Waals surface area contributed by atoms with Crippen molar-refractivity contribution in [2.45, 2.75) is 51.0 Å². The lowest BCUT2D eigenvalue weighted by atomic mass is 9.81. The summed E-state index contributed by atoms with van der Waals surface area (Å²) in [6, 6.07) is 9.94. The van der Waals surface area contributed by atoms with E-state index in [1.807, 2.05) is 18.2 Å². The Hall–Kier alpha value is -2.37. The smallest absolute Gasteiger partial charge is 0.315 e. The van der Waals surface area contributed by atoms with Gasteiger partial charge < -0.3 is 15.2 Å². The molecule has 0 spiro atoms. The van der Waals surface area contributed by atoms with Crippen molar-refractivity contribution < 1.29 is 9.32 Å². The largest absolute Gasteiger partial charge is 0.338 e. The first-order valence-electron chi connectivity index (χ1n) is 8.59. The second-order valence-electron chi connectivity index (χ2n) is 6.41. The molecule has 1 aliphatic rings. The van der Waals surface area contributed by atoms with E-state index >= 15 is 0 Å². The highest BCUT2D eigenvalue weighted by atomic mass is 16.5. The first-order valence-corrected chi connectivity index (χ1v) is 8.59. The third kappa shape index (κ3) is 3.93. The number of amides is 2. The van der Waals surface area contributed by atoms with E-state index in [0.29, 0.717) is 18.3 Å². The summed E-state index contributed by atoms with van der Waals surface area (Å²) in [4.78, 5) is 16.7. The summed E-state index contributed by atoms with van der Waals surface area (Å²) in [6.45, 7) is 2.39. The van der Waals surface area contributed by atoms with Crippen molar-refractivity contribution in [3.05, 3.63) is 47.6 Å². The van der Waals surface area contributed by atoms with E-state index in [1.165, 1.54) is 12.0 Å². The minimum atomic E-state index is -0.531. The van der Waals surface area contributed by atoms with Gasteiger partial charge in [0.2, 0.25) is 0 Å². The average molecular weight is 328 g/mol. The average Bonchev–Trinajstić information content (AvgIpc) is 3.04. The van der Waals surface area contributed by atoms with Crippen LogP contribution in [0.5, 0.6) is 0 Å². The van der Waals surface area contributed by atoms with Crippen LogP contribution in [0.1, 0.15) is 49.4 Å². The van der Waals surface area contributed by atoms with Crippen molar-refractivity contribution in [3.8, 4) is 0 Å². The number of hydrogen-bond acceptors (Lipinski definition) is 4. The van der Waals surface area contributed by atoms with E-state index < -0.39 is 5.54 Å². The number of aromatic nitrogens is 2. The summed E-state index contributed by atoms with van der Waals surface area (Å²) >= 11 is 0. The van der Waals surface area contributed by atoms with Crippen molar-refractivity contribution >= 4 is 6.03 Å². The number of hydrogen-bond donors (Lipinski definition) is 2. The van der Waals surface area contributed by atoms with Crippen LogP contribution >= 0.6 is 0 Å². The standard InChI is InChI=1S/C18H24N4O2/c1-14-20-16(24-22-14)18(11-6-3-7-12-18)21-17(23)19-13-10-15-8-4-2-5-9-15/h2,4-5,8-9H,3,6-7,10-13H2,1H3,(H2,19,21,23). The maximum atomic E-state index is 12.4. The minimum Gasteiger partial charge on any atom is -0.338 e. The van der Waals surface area contributed by atoms with Gasteiger partial charge in [0.1, 0.15) is 5.54 Å². The zero-order valence-electron chi connectivity index (χ0n) is 14.0. The molecule has 6 nitrogen and oxygen atoms in total. The van der Waals surface area contributed by atoms with Gasteiger partial charge in [-0.05, 0) is 31.7 Å². The fraction of sp³-hybridized carbons (Fsp3) is 0.500. The molecule has 0 saturated heterocycles. The lowest BCUT2D eigenvalue weighted by Gasteiger charge is -2.34. The quantitative estimate of drug-likeness (QED) is 0.884. The number of carbonyl (C=O) groups excluding carboxylic acids is 1. The highest BCUT2D eigenvalue weighted by Gasteiger charge is 2.40. The summed E-state index contributed by atoms with van der Waals surface area (Å²) in [5.41, 5.74) is 0.675. The zero-order valence-corrected chi connectivity index (χ0v) is 14.0. The van der Waals surface area contributed by atoms with Crippen LogP contribution < -0.4 is 10.6 Å². The highest BCUT2D eigenvalue weighted by Crippen LogP contribution is 2.36. The molecule has 1 saturated carbocycles. The van der Waals surface area contributed by atoms with Gasteiger partial charge in [-0.2, -0.15) is 4.98 Å². The summed E-state index contributed by atoms with van der Waals surface area (Å²) in [7, 11) is 0. The number of aryl methyl sites for hydroxylation is 1. The maximum Gasteiger partial charge on any atom is 0.315 e. The fourth-order valence-electron chi connectivity index (χ4n) is 3.27. The molecule has 6 heteroatoms. The van der Waals surface area contributed by atoms with E-state index in [4.69, 9.17) is 4.52 Å². The van der Waals surface area contributed by atoms with Crippen LogP contribution in [0.25, 0.3) is 0 Å². The summed E-state index contributed by atoms with van der Waals surface area (Å²) in [6.07, 6.45) is 5.74. The van der Waals surface area contributed by atoms with Crippen molar-refractivity contribution in [1.29, 1.82) is 0 Å². The lowest BCUT2D eigenvalue weighted by Crippen LogP contribution is -2.51. The van der Waals surface area contributed by atoms with Crippen molar-refractivity contribution in [2.24, 2.45) is 0 Å². The summed E-state index contributed by atoms with van der Waals surface area (Å²) in [5.74, 6) is 1.12. The minimum absolute atomic E-state index is 0.177. The van der Waals surface area contributed by atoms with Crippen molar-refractivity contribution in [3.63, 3.8) is 0 Å². The van der Waals surface area contributed by atoms with Gasteiger partial charge in [-0.3, -0.25) is 0 Å². The van der Waals surface area contributed by atoms with Crippen LogP contribution in [0.4, 0.5) is 4.79 Å². The molecule has 0 radical (unpaired) electrons. The van der Waals surface area contributed by atoms with Crippen LogP contribution in [-0.4, -0.2) is 22.7 Å². The predicted molar refractivity (Wildman–Crippen MR) is 90.5 cm³/mol. The number of nitrogens with zero attached hydrogens (tertiary/aromatic N) is 2. The Morgan fingerprint density at radius 1 is 1.21 bits per heavy atom. The molecule has 1 heterocycles. The molecular weight excluding hydrogens is 304 g/mol. The number of benzene rings is 1. The van der Waals surface area contributed by atoms with Gasteiger partial charge in [0, 0.05) is 6.54 Å². The van der Waals surface area contributed by atoms with Gasteiger partial charge in [-0.25, -0.2) is 4.79 Å². The molecule has 1 aliphatic carbocycles. The number of nitrogens with one attached hydrogen (secondary N) is 2. The molecule has 0 unspecified atom stereocenters. The number of urea groups is 1. The van der Waals surface area contributed by atoms with Gasteiger partial charge in [0.25, 0.3) is 5.89 Å². The molecule has 3 rings (SSSR count). The molecule has 1 aromatic heterocycles. The molecule has 2 aromatic rings. The van der Waals surface area contributed by atoms with E-state index in [-0.39, 0.29) is 6.03 Å². The monoisotopic (exact) mass is 328 g/mol. The molecule has 24 heavy (non-hydrogen) atoms. The molecular formula is C18H24N4O2. The Labute approximate surface area is 142 Å². The maximum absolute atomic E-state index is 12.4. The highest BCUT2D eigenvalue weighted by molar-refractivity contribution is 5.74. The van der Waals surface area contributed by atoms with Crippen molar-refractivity contribution in [2.75, 3.05) is 6.54 Å². The number of rotatable bonds is 5. The fourth-order valence-corrected chi connectivity index (χ4v) is 3.27. The summed E-state index contributed by atoms with van der Waals surface area (Å²) in [5, 5.41) is 9.93. The first-order chi connectivity index (χ1) is 11.7. The molecule has 2 N–H and O–H groups in total. The Balaban J connectivity index is 1.59. The topological polar surface area (TPSA) is 80.0 Å². The normalized spacial score (nSPS) is 16.5. The first kappa shape index (κ1) is 16.5. The molecule has 0 aliphatic heterocycles. The third-order valence-electron chi connectivity index (χ3n) is 4.54. The van der Waals surface area contributed by atoms with E-state index in [0.717, 1.165) is 32.1 Å². The SMILES string of the molecule is Cc1noc(C2(NC(=O)NCCc3ccccc3)CCCCC2)n1. The third-order valence-corrected chi connectivity index (χ3v) is 4.54.